The van der Waals surface area contributed by atoms with Crippen LogP contribution in [-0.4, -0.2) is 34.7 Å². The largest absolute Gasteiger partial charge is 0.481 e. The van der Waals surface area contributed by atoms with E-state index in [2.05, 4.69) is 28.4 Å². The Kier molecular flexibility index (Phi) is 2.20. The molecular weight excluding hydrogens is 240 g/mol. The van der Waals surface area contributed by atoms with E-state index in [9.17, 15) is 9.90 Å². The van der Waals surface area contributed by atoms with Crippen LogP contribution < -0.4 is 5.32 Å². The molecule has 102 valence electrons. The van der Waals surface area contributed by atoms with E-state index in [1.54, 1.807) is 0 Å². The third-order valence-electron chi connectivity index (χ3n) is 5.74. The lowest BCUT2D eigenvalue weighted by Crippen LogP contribution is -2.54. The van der Waals surface area contributed by atoms with Crippen molar-refractivity contribution in [2.24, 2.45) is 11.3 Å². The zero-order chi connectivity index (χ0) is 13.1. The Labute approximate surface area is 113 Å². The lowest BCUT2D eigenvalue weighted by atomic mass is 9.77. The fourth-order valence-electron chi connectivity index (χ4n) is 4.36. The van der Waals surface area contributed by atoms with Crippen LogP contribution in [0, 0.1) is 11.3 Å². The van der Waals surface area contributed by atoms with Crippen molar-refractivity contribution in [3.63, 3.8) is 0 Å². The second kappa shape index (κ2) is 3.63. The summed E-state index contributed by atoms with van der Waals surface area (Å²) in [5.41, 5.74) is 1.63. The van der Waals surface area contributed by atoms with Crippen molar-refractivity contribution in [2.75, 3.05) is 13.1 Å². The highest BCUT2D eigenvalue weighted by Gasteiger charge is 2.62. The summed E-state index contributed by atoms with van der Waals surface area (Å²) in [6.07, 6.45) is 11.7. The lowest BCUT2D eigenvalue weighted by molar-refractivity contribution is -0.139. The summed E-state index contributed by atoms with van der Waals surface area (Å²) >= 11 is 0. The van der Waals surface area contributed by atoms with E-state index in [1.165, 1.54) is 5.70 Å². The predicted octanol–water partition coefficient (Wildman–Crippen LogP) is 1.71. The molecule has 19 heavy (non-hydrogen) atoms. The van der Waals surface area contributed by atoms with Crippen LogP contribution in [0.5, 0.6) is 0 Å². The SMILES string of the molecule is O=C(O)C1CC12CCC1(CC2)NCC2=CC=CCN21. The minimum absolute atomic E-state index is 0.0671. The molecule has 0 amide bonds. The van der Waals surface area contributed by atoms with Crippen LogP contribution in [0.25, 0.3) is 0 Å². The summed E-state index contributed by atoms with van der Waals surface area (Å²) in [7, 11) is 0. The molecule has 3 fully saturated rings. The third kappa shape index (κ3) is 1.52. The van der Waals surface area contributed by atoms with Gasteiger partial charge in [-0.3, -0.25) is 10.1 Å². The van der Waals surface area contributed by atoms with Gasteiger partial charge < -0.3 is 10.0 Å². The van der Waals surface area contributed by atoms with Gasteiger partial charge >= 0.3 is 5.97 Å². The van der Waals surface area contributed by atoms with Gasteiger partial charge in [0, 0.05) is 18.8 Å². The van der Waals surface area contributed by atoms with Gasteiger partial charge in [-0.15, -0.1) is 0 Å². The monoisotopic (exact) mass is 260 g/mol. The average molecular weight is 260 g/mol. The zero-order valence-corrected chi connectivity index (χ0v) is 11.1. The van der Waals surface area contributed by atoms with Crippen molar-refractivity contribution < 1.29 is 9.90 Å². The number of carbonyl (C=O) groups is 1. The Bertz CT molecular complexity index is 486. The maximum Gasteiger partial charge on any atom is 0.307 e. The molecule has 4 aliphatic rings. The molecule has 4 nitrogen and oxygen atoms in total. The van der Waals surface area contributed by atoms with Crippen LogP contribution in [0.2, 0.25) is 0 Å². The Morgan fingerprint density at radius 3 is 2.84 bits per heavy atom. The number of nitrogens with zero attached hydrogens (tertiary/aromatic N) is 1. The van der Waals surface area contributed by atoms with Crippen LogP contribution in [0.4, 0.5) is 0 Å². The Hall–Kier alpha value is -1.29. The second-order valence-corrected chi connectivity index (χ2v) is 6.54. The molecule has 2 N–H and O–H groups in total. The molecule has 1 atom stereocenters. The van der Waals surface area contributed by atoms with Gasteiger partial charge in [0.1, 0.15) is 0 Å². The van der Waals surface area contributed by atoms with Gasteiger partial charge in [-0.2, -0.15) is 0 Å². The van der Waals surface area contributed by atoms with Crippen LogP contribution in [0.1, 0.15) is 32.1 Å². The molecule has 1 saturated heterocycles. The number of fused-ring (bicyclic) bond motifs is 2. The van der Waals surface area contributed by atoms with Gasteiger partial charge in [-0.05, 0) is 43.6 Å². The molecule has 0 aromatic rings. The van der Waals surface area contributed by atoms with E-state index >= 15 is 0 Å². The van der Waals surface area contributed by atoms with E-state index in [1.807, 2.05) is 0 Å². The molecule has 2 aliphatic heterocycles. The molecule has 2 saturated carbocycles. The number of hydrogen-bond donors (Lipinski definition) is 2. The Morgan fingerprint density at radius 1 is 1.37 bits per heavy atom. The summed E-state index contributed by atoms with van der Waals surface area (Å²) in [6, 6.07) is 0. The van der Waals surface area contributed by atoms with Gasteiger partial charge in [-0.1, -0.05) is 12.2 Å². The van der Waals surface area contributed by atoms with Crippen LogP contribution >= 0.6 is 0 Å². The quantitative estimate of drug-likeness (QED) is 0.753. The van der Waals surface area contributed by atoms with E-state index in [4.69, 9.17) is 0 Å². The number of rotatable bonds is 1. The molecule has 4 heteroatoms. The summed E-state index contributed by atoms with van der Waals surface area (Å²) in [6.45, 7) is 1.95. The summed E-state index contributed by atoms with van der Waals surface area (Å²) < 4.78 is 0. The highest BCUT2D eigenvalue weighted by Crippen LogP contribution is 2.63. The van der Waals surface area contributed by atoms with Gasteiger partial charge in [0.15, 0.2) is 0 Å². The summed E-state index contributed by atoms with van der Waals surface area (Å²) in [5.74, 6) is -0.653. The number of carboxylic acid groups (broad SMARTS) is 1. The van der Waals surface area contributed by atoms with Crippen molar-refractivity contribution in [1.82, 2.24) is 10.2 Å². The Balaban J connectivity index is 1.50. The minimum atomic E-state index is -0.586. The fraction of sp³-hybridized carbons (Fsp3) is 0.667. The maximum atomic E-state index is 11.1. The highest BCUT2D eigenvalue weighted by atomic mass is 16.4. The topological polar surface area (TPSA) is 52.6 Å². The molecule has 2 aliphatic carbocycles. The van der Waals surface area contributed by atoms with Gasteiger partial charge in [0.05, 0.1) is 11.6 Å². The molecule has 0 bridgehead atoms. The van der Waals surface area contributed by atoms with Crippen molar-refractivity contribution in [2.45, 2.75) is 37.8 Å². The number of aliphatic carboxylic acids is 1. The highest BCUT2D eigenvalue weighted by molar-refractivity contribution is 5.74. The summed E-state index contributed by atoms with van der Waals surface area (Å²) in [5, 5.41) is 12.9. The van der Waals surface area contributed by atoms with Crippen molar-refractivity contribution in [1.29, 1.82) is 0 Å². The van der Waals surface area contributed by atoms with Gasteiger partial charge in [-0.25, -0.2) is 0 Å². The van der Waals surface area contributed by atoms with E-state index in [0.29, 0.717) is 0 Å². The number of allylic oxidation sites excluding steroid dienone is 2. The first-order valence-corrected chi connectivity index (χ1v) is 7.27. The van der Waals surface area contributed by atoms with E-state index in [-0.39, 0.29) is 17.0 Å². The van der Waals surface area contributed by atoms with Crippen molar-refractivity contribution in [3.8, 4) is 0 Å². The molecule has 2 spiro atoms. The first-order valence-electron chi connectivity index (χ1n) is 7.27. The molecular formula is C15H20N2O2. The molecule has 0 aromatic heterocycles. The molecule has 1 unspecified atom stereocenters. The fourth-order valence-corrected chi connectivity index (χ4v) is 4.36. The number of nitrogens with one attached hydrogen (secondary N) is 1. The first-order chi connectivity index (χ1) is 9.15. The third-order valence-corrected chi connectivity index (χ3v) is 5.74. The molecule has 4 rings (SSSR count). The standard InChI is InChI=1S/C15H20N2O2/c18-13(19)12-9-14(12)4-6-15(7-5-14)16-10-11-3-1-2-8-17(11)15/h1-3,12,16H,4-10H2,(H,18,19). The van der Waals surface area contributed by atoms with Crippen molar-refractivity contribution >= 4 is 5.97 Å². The van der Waals surface area contributed by atoms with E-state index in [0.717, 1.165) is 45.2 Å². The zero-order valence-electron chi connectivity index (χ0n) is 11.1. The molecule has 0 radical (unpaired) electrons. The number of carboxylic acids is 1. The smallest absolute Gasteiger partial charge is 0.307 e. The van der Waals surface area contributed by atoms with Gasteiger partial charge in [0.2, 0.25) is 0 Å². The molecule has 2 heterocycles. The predicted molar refractivity (Wildman–Crippen MR) is 71.3 cm³/mol. The van der Waals surface area contributed by atoms with Crippen molar-refractivity contribution in [3.05, 3.63) is 23.9 Å². The van der Waals surface area contributed by atoms with Gasteiger partial charge in [0.25, 0.3) is 0 Å². The number of hydrogen-bond acceptors (Lipinski definition) is 3. The lowest BCUT2D eigenvalue weighted by Gasteiger charge is -2.45. The normalized spacial score (nSPS) is 43.5. The van der Waals surface area contributed by atoms with Crippen LogP contribution in [-0.2, 0) is 4.79 Å². The Morgan fingerprint density at radius 2 is 2.16 bits per heavy atom. The molecule has 0 aromatic carbocycles. The van der Waals surface area contributed by atoms with E-state index < -0.39 is 5.97 Å². The second-order valence-electron chi connectivity index (χ2n) is 6.54. The minimum Gasteiger partial charge on any atom is -0.481 e. The van der Waals surface area contributed by atoms with Crippen LogP contribution in [0.3, 0.4) is 0 Å². The van der Waals surface area contributed by atoms with Crippen LogP contribution in [0.15, 0.2) is 23.9 Å². The average Bonchev–Trinajstić information content (AvgIpc) is 3.03. The first kappa shape index (κ1) is 11.5. The maximum absolute atomic E-state index is 11.1. The summed E-state index contributed by atoms with van der Waals surface area (Å²) in [4.78, 5) is 13.6.